The zero-order valence-corrected chi connectivity index (χ0v) is 19.3. The number of hydrogen-bond donors (Lipinski definition) is 2. The molecule has 1 aromatic carbocycles. The van der Waals surface area contributed by atoms with Crippen LogP contribution in [0.15, 0.2) is 45.5 Å². The van der Waals surface area contributed by atoms with Crippen molar-refractivity contribution >= 4 is 23.4 Å². The van der Waals surface area contributed by atoms with Crippen LogP contribution in [-0.2, 0) is 4.79 Å². The molecule has 0 fully saturated rings. The Bertz CT molecular complexity index is 1090. The van der Waals surface area contributed by atoms with Crippen LogP contribution in [0.3, 0.4) is 0 Å². The summed E-state index contributed by atoms with van der Waals surface area (Å²) in [5.74, 6) is 1.86. The quantitative estimate of drug-likeness (QED) is 0.493. The first-order valence-corrected chi connectivity index (χ1v) is 11.8. The van der Waals surface area contributed by atoms with Gasteiger partial charge < -0.3 is 15.0 Å². The van der Waals surface area contributed by atoms with Gasteiger partial charge >= 0.3 is 0 Å². The number of ether oxygens (including phenoxy) is 1. The molecule has 0 saturated heterocycles. The standard InChI is InChI=1S/C24H29N3O3S/c1-5-11-31-23-26-21-20(22(29)27-23)18(14-7-9-15(10-8-14)30-6-2)19-16(25-21)12-24(3,4)13-17(19)28/h7-10,18H,5-6,11-13H2,1-4H3,(H2,25,26,27,29). The molecule has 1 aliphatic carbocycles. The highest BCUT2D eigenvalue weighted by atomic mass is 32.2. The second-order valence-electron chi connectivity index (χ2n) is 8.88. The van der Waals surface area contributed by atoms with Gasteiger partial charge in [0.15, 0.2) is 10.9 Å². The van der Waals surface area contributed by atoms with Gasteiger partial charge in [-0.05, 0) is 42.9 Å². The lowest BCUT2D eigenvalue weighted by Crippen LogP contribution is -2.37. The molecule has 2 N–H and O–H groups in total. The van der Waals surface area contributed by atoms with Gasteiger partial charge in [-0.15, -0.1) is 0 Å². The van der Waals surface area contributed by atoms with Crippen LogP contribution in [-0.4, -0.2) is 28.1 Å². The smallest absolute Gasteiger partial charge is 0.257 e. The van der Waals surface area contributed by atoms with E-state index in [9.17, 15) is 9.59 Å². The van der Waals surface area contributed by atoms with Crippen molar-refractivity contribution in [2.75, 3.05) is 17.7 Å². The Morgan fingerprint density at radius 3 is 2.58 bits per heavy atom. The van der Waals surface area contributed by atoms with Crippen molar-refractivity contribution in [3.8, 4) is 5.75 Å². The molecule has 6 nitrogen and oxygen atoms in total. The SMILES string of the molecule is CCCSc1nc2c(c(=O)[nH]1)C(c1ccc(OCC)cc1)C1=C(CC(C)(C)CC1=O)N2. The first kappa shape index (κ1) is 21.7. The summed E-state index contributed by atoms with van der Waals surface area (Å²) in [6.45, 7) is 8.82. The van der Waals surface area contributed by atoms with Crippen LogP contribution in [0.1, 0.15) is 64.0 Å². The van der Waals surface area contributed by atoms with Crippen molar-refractivity contribution in [1.82, 2.24) is 9.97 Å². The summed E-state index contributed by atoms with van der Waals surface area (Å²) in [6, 6.07) is 7.68. The third-order valence-corrected chi connectivity index (χ3v) is 6.75. The lowest BCUT2D eigenvalue weighted by atomic mass is 9.69. The van der Waals surface area contributed by atoms with Crippen molar-refractivity contribution < 1.29 is 9.53 Å². The average molecular weight is 440 g/mol. The van der Waals surface area contributed by atoms with E-state index in [-0.39, 0.29) is 16.8 Å². The van der Waals surface area contributed by atoms with Crippen LogP contribution >= 0.6 is 11.8 Å². The Labute approximate surface area is 186 Å². The number of fused-ring (bicyclic) bond motifs is 1. The fraction of sp³-hybridized carbons (Fsp3) is 0.458. The monoisotopic (exact) mass is 439 g/mol. The second-order valence-corrected chi connectivity index (χ2v) is 9.96. The average Bonchev–Trinajstić information content (AvgIpc) is 2.70. The minimum atomic E-state index is -0.438. The van der Waals surface area contributed by atoms with E-state index in [1.54, 1.807) is 0 Å². The molecular weight excluding hydrogens is 410 g/mol. The zero-order valence-electron chi connectivity index (χ0n) is 18.5. The molecular formula is C24H29N3O3S. The lowest BCUT2D eigenvalue weighted by molar-refractivity contribution is -0.118. The predicted octanol–water partition coefficient (Wildman–Crippen LogP) is 4.87. The fourth-order valence-electron chi connectivity index (χ4n) is 4.42. The van der Waals surface area contributed by atoms with Crippen molar-refractivity contribution in [3.63, 3.8) is 0 Å². The first-order chi connectivity index (χ1) is 14.8. The van der Waals surface area contributed by atoms with Crippen molar-refractivity contribution in [2.45, 2.75) is 58.0 Å². The van der Waals surface area contributed by atoms with Gasteiger partial charge in [-0.1, -0.05) is 44.7 Å². The molecule has 4 rings (SSSR count). The largest absolute Gasteiger partial charge is 0.494 e. The van der Waals surface area contributed by atoms with Gasteiger partial charge in [0.1, 0.15) is 11.6 Å². The summed E-state index contributed by atoms with van der Waals surface area (Å²) in [5.41, 5.74) is 2.66. The third-order valence-electron chi connectivity index (χ3n) is 5.67. The van der Waals surface area contributed by atoms with Crippen LogP contribution in [0.5, 0.6) is 5.75 Å². The number of rotatable bonds is 6. The molecule has 31 heavy (non-hydrogen) atoms. The molecule has 0 saturated carbocycles. The Morgan fingerprint density at radius 1 is 1.16 bits per heavy atom. The van der Waals surface area contributed by atoms with Crippen molar-refractivity contribution in [3.05, 3.63) is 57.0 Å². The highest BCUT2D eigenvalue weighted by Crippen LogP contribution is 2.47. The van der Waals surface area contributed by atoms with E-state index in [0.717, 1.165) is 35.6 Å². The van der Waals surface area contributed by atoms with Gasteiger partial charge in [-0.25, -0.2) is 4.98 Å². The molecule has 1 aliphatic heterocycles. The number of H-pyrrole nitrogens is 1. The summed E-state index contributed by atoms with van der Waals surface area (Å²) in [7, 11) is 0. The van der Waals surface area contributed by atoms with E-state index in [2.05, 4.69) is 31.1 Å². The molecule has 164 valence electrons. The minimum absolute atomic E-state index is 0.0899. The maximum atomic E-state index is 13.3. The molecule has 1 unspecified atom stereocenters. The van der Waals surface area contributed by atoms with Gasteiger partial charge in [0.05, 0.1) is 12.2 Å². The number of benzene rings is 1. The van der Waals surface area contributed by atoms with Gasteiger partial charge in [0.2, 0.25) is 0 Å². The molecule has 2 heterocycles. The predicted molar refractivity (Wildman–Crippen MR) is 124 cm³/mol. The van der Waals surface area contributed by atoms with Gasteiger partial charge in [0.25, 0.3) is 5.56 Å². The van der Waals surface area contributed by atoms with E-state index in [1.807, 2.05) is 31.2 Å². The van der Waals surface area contributed by atoms with Gasteiger partial charge in [-0.3, -0.25) is 9.59 Å². The summed E-state index contributed by atoms with van der Waals surface area (Å²) < 4.78 is 5.58. The molecule has 0 radical (unpaired) electrons. The Morgan fingerprint density at radius 2 is 1.90 bits per heavy atom. The second kappa shape index (κ2) is 8.54. The number of allylic oxidation sites excluding steroid dienone is 2. The van der Waals surface area contributed by atoms with E-state index >= 15 is 0 Å². The fourth-order valence-corrected chi connectivity index (χ4v) is 5.14. The van der Waals surface area contributed by atoms with Gasteiger partial charge in [0, 0.05) is 29.4 Å². The van der Waals surface area contributed by atoms with E-state index in [1.165, 1.54) is 11.8 Å². The molecule has 7 heteroatoms. The number of nitrogens with one attached hydrogen (secondary N) is 2. The number of Topliss-reactive ketones (excluding diaryl/α,β-unsaturated/α-hetero) is 1. The van der Waals surface area contributed by atoms with Crippen LogP contribution in [0, 0.1) is 5.41 Å². The number of hydrogen-bond acceptors (Lipinski definition) is 6. The van der Waals surface area contributed by atoms with E-state index in [4.69, 9.17) is 9.72 Å². The molecule has 0 bridgehead atoms. The number of aromatic nitrogens is 2. The number of carbonyl (C=O) groups is 1. The van der Waals surface area contributed by atoms with Crippen molar-refractivity contribution in [2.24, 2.45) is 5.41 Å². The van der Waals surface area contributed by atoms with E-state index < -0.39 is 5.92 Å². The number of aromatic amines is 1. The van der Waals surface area contributed by atoms with E-state index in [0.29, 0.717) is 35.1 Å². The molecule has 2 aromatic rings. The summed E-state index contributed by atoms with van der Waals surface area (Å²) >= 11 is 1.54. The van der Waals surface area contributed by atoms with Crippen LogP contribution in [0.25, 0.3) is 0 Å². The van der Waals surface area contributed by atoms with Crippen LogP contribution < -0.4 is 15.6 Å². The minimum Gasteiger partial charge on any atom is -0.494 e. The molecule has 0 amide bonds. The highest BCUT2D eigenvalue weighted by molar-refractivity contribution is 7.99. The number of thioether (sulfide) groups is 1. The number of anilines is 1. The molecule has 1 atom stereocenters. The Kier molecular flexibility index (Phi) is 5.97. The molecule has 2 aliphatic rings. The maximum Gasteiger partial charge on any atom is 0.257 e. The zero-order chi connectivity index (χ0) is 22.2. The molecule has 0 spiro atoms. The summed E-state index contributed by atoms with van der Waals surface area (Å²) in [6.07, 6.45) is 2.20. The Hall–Kier alpha value is -2.54. The normalized spacial score (nSPS) is 19.5. The lowest BCUT2D eigenvalue weighted by Gasteiger charge is -2.38. The van der Waals surface area contributed by atoms with Gasteiger partial charge in [-0.2, -0.15) is 0 Å². The highest BCUT2D eigenvalue weighted by Gasteiger charge is 2.42. The summed E-state index contributed by atoms with van der Waals surface area (Å²) in [5, 5.41) is 3.97. The first-order valence-electron chi connectivity index (χ1n) is 10.9. The number of ketones is 1. The Balaban J connectivity index is 1.86. The van der Waals surface area contributed by atoms with Crippen molar-refractivity contribution in [1.29, 1.82) is 0 Å². The number of nitrogens with zero attached hydrogens (tertiary/aromatic N) is 1. The summed E-state index contributed by atoms with van der Waals surface area (Å²) in [4.78, 5) is 34.1. The molecule has 1 aromatic heterocycles. The van der Waals surface area contributed by atoms with Crippen LogP contribution in [0.4, 0.5) is 5.82 Å². The third kappa shape index (κ3) is 4.28. The maximum absolute atomic E-state index is 13.3. The number of carbonyl (C=O) groups excluding carboxylic acids is 1. The topological polar surface area (TPSA) is 84.1 Å². The van der Waals surface area contributed by atoms with Crippen LogP contribution in [0.2, 0.25) is 0 Å².